The molecule has 3 rings (SSSR count). The molecule has 0 aliphatic carbocycles. The van der Waals surface area contributed by atoms with Crippen molar-refractivity contribution >= 4 is 16.1 Å². The summed E-state index contributed by atoms with van der Waals surface area (Å²) < 4.78 is 35.7. The second-order valence-corrected chi connectivity index (χ2v) is 10.2. The van der Waals surface area contributed by atoms with Crippen molar-refractivity contribution in [1.29, 1.82) is 0 Å². The van der Waals surface area contributed by atoms with Crippen molar-refractivity contribution in [2.45, 2.75) is 50.3 Å². The van der Waals surface area contributed by atoms with Gasteiger partial charge in [-0.05, 0) is 62.6 Å². The van der Waals surface area contributed by atoms with E-state index in [4.69, 9.17) is 8.92 Å². The van der Waals surface area contributed by atoms with Crippen LogP contribution in [-0.2, 0) is 32.6 Å². The Kier molecular flexibility index (Phi) is 7.89. The molecule has 6 nitrogen and oxygen atoms in total. The molecule has 0 amide bonds. The van der Waals surface area contributed by atoms with Crippen molar-refractivity contribution < 1.29 is 22.1 Å². The summed E-state index contributed by atoms with van der Waals surface area (Å²) in [7, 11) is -3.91. The fraction of sp³-hybridized carbons (Fsp3) is 0.269. The normalized spacial score (nSPS) is 12.7. The molecule has 3 aromatic rings. The lowest BCUT2D eigenvalue weighted by Crippen LogP contribution is -2.42. The third-order valence-electron chi connectivity index (χ3n) is 4.69. The highest BCUT2D eigenvalue weighted by atomic mass is 32.2. The predicted molar refractivity (Wildman–Crippen MR) is 127 cm³/mol. The molecule has 0 saturated heterocycles. The minimum atomic E-state index is -3.91. The maximum atomic E-state index is 12.8. The Bertz CT molecular complexity index is 1140. The molecule has 3 aromatic carbocycles. The summed E-state index contributed by atoms with van der Waals surface area (Å²) in [6.07, 6.45) is 0.382. The van der Waals surface area contributed by atoms with E-state index in [1.807, 2.05) is 51.1 Å². The number of hydrogen-bond acceptors (Lipinski definition) is 6. The zero-order valence-electron chi connectivity index (χ0n) is 19.0. The lowest BCUT2D eigenvalue weighted by atomic mass is 10.0. The Morgan fingerprint density at radius 1 is 0.848 bits per heavy atom. The van der Waals surface area contributed by atoms with Crippen molar-refractivity contribution in [3.63, 3.8) is 0 Å². The molecule has 7 heteroatoms. The molecule has 1 atom stereocenters. The van der Waals surface area contributed by atoms with Crippen molar-refractivity contribution in [3.8, 4) is 5.75 Å². The number of ether oxygens (including phenoxy) is 1. The highest BCUT2D eigenvalue weighted by molar-refractivity contribution is 7.87. The summed E-state index contributed by atoms with van der Waals surface area (Å²) in [4.78, 5) is 12.9. The summed E-state index contributed by atoms with van der Waals surface area (Å²) in [5.74, 6) is -0.140. The van der Waals surface area contributed by atoms with Gasteiger partial charge < -0.3 is 14.2 Å². The van der Waals surface area contributed by atoms with Gasteiger partial charge in [-0.25, -0.2) is 0 Å². The zero-order chi connectivity index (χ0) is 23.9. The van der Waals surface area contributed by atoms with Gasteiger partial charge >= 0.3 is 16.1 Å². The molecule has 174 valence electrons. The largest absolute Gasteiger partial charge is 0.459 e. The fourth-order valence-electron chi connectivity index (χ4n) is 3.13. The molecule has 0 fully saturated rings. The molecule has 0 heterocycles. The van der Waals surface area contributed by atoms with Crippen molar-refractivity contribution in [2.75, 3.05) is 0 Å². The number of rotatable bonds is 9. The number of benzene rings is 3. The molecule has 0 saturated carbocycles. The van der Waals surface area contributed by atoms with Gasteiger partial charge in [-0.3, -0.25) is 4.79 Å². The first-order chi connectivity index (χ1) is 15.6. The van der Waals surface area contributed by atoms with E-state index < -0.39 is 21.8 Å². The Balaban J connectivity index is 1.70. The van der Waals surface area contributed by atoms with Crippen molar-refractivity contribution in [1.82, 2.24) is 5.32 Å². The highest BCUT2D eigenvalue weighted by Gasteiger charge is 2.25. The molecule has 0 aromatic heterocycles. The van der Waals surface area contributed by atoms with Crippen LogP contribution < -0.4 is 9.50 Å². The van der Waals surface area contributed by atoms with Crippen LogP contribution in [0.5, 0.6) is 5.75 Å². The van der Waals surface area contributed by atoms with Crippen LogP contribution in [0.25, 0.3) is 0 Å². The van der Waals surface area contributed by atoms with Gasteiger partial charge in [-0.1, -0.05) is 60.7 Å². The van der Waals surface area contributed by atoms with Gasteiger partial charge in [-0.15, -0.1) is 0 Å². The standard InChI is InChI=1S/C26H29NO5S/c1-26(2,3)31-25(28)24(27-19-21-10-6-4-7-11-21)18-20-14-16-22(17-15-20)32-33(29,30)23-12-8-5-9-13-23/h4-17,24,27H,18-19H2,1-3H3. The topological polar surface area (TPSA) is 81.7 Å². The second kappa shape index (κ2) is 10.6. The molecular weight excluding hydrogens is 438 g/mol. The van der Waals surface area contributed by atoms with Gasteiger partial charge in [0, 0.05) is 6.54 Å². The van der Waals surface area contributed by atoms with Crippen LogP contribution >= 0.6 is 0 Å². The molecule has 1 N–H and O–H groups in total. The fourth-order valence-corrected chi connectivity index (χ4v) is 4.08. The van der Waals surface area contributed by atoms with Gasteiger partial charge in [0.15, 0.2) is 0 Å². The quantitative estimate of drug-likeness (QED) is 0.369. The van der Waals surface area contributed by atoms with E-state index in [0.29, 0.717) is 13.0 Å². The first-order valence-electron chi connectivity index (χ1n) is 10.7. The zero-order valence-corrected chi connectivity index (χ0v) is 19.8. The van der Waals surface area contributed by atoms with Crippen LogP contribution in [0.4, 0.5) is 0 Å². The van der Waals surface area contributed by atoms with Gasteiger partial charge in [-0.2, -0.15) is 8.42 Å². The molecule has 0 aliphatic heterocycles. The Hall–Kier alpha value is -3.16. The molecule has 33 heavy (non-hydrogen) atoms. The van der Waals surface area contributed by atoms with E-state index in [-0.39, 0.29) is 16.6 Å². The molecule has 1 unspecified atom stereocenters. The Morgan fingerprint density at radius 2 is 1.42 bits per heavy atom. The van der Waals surface area contributed by atoms with Crippen molar-refractivity contribution in [3.05, 3.63) is 96.1 Å². The van der Waals surface area contributed by atoms with Gasteiger partial charge in [0.1, 0.15) is 22.3 Å². The van der Waals surface area contributed by atoms with Crippen LogP contribution in [0, 0.1) is 0 Å². The lowest BCUT2D eigenvalue weighted by molar-refractivity contribution is -0.157. The minimum Gasteiger partial charge on any atom is -0.459 e. The number of hydrogen-bond donors (Lipinski definition) is 1. The van der Waals surface area contributed by atoms with Crippen LogP contribution in [0.15, 0.2) is 89.8 Å². The van der Waals surface area contributed by atoms with Crippen LogP contribution in [0.3, 0.4) is 0 Å². The second-order valence-electron chi connectivity index (χ2n) is 8.65. The van der Waals surface area contributed by atoms with Crippen molar-refractivity contribution in [2.24, 2.45) is 0 Å². The maximum Gasteiger partial charge on any atom is 0.339 e. The Labute approximate surface area is 195 Å². The summed E-state index contributed by atoms with van der Waals surface area (Å²) in [5, 5.41) is 3.28. The van der Waals surface area contributed by atoms with E-state index in [9.17, 15) is 13.2 Å². The first kappa shape index (κ1) is 24.5. The predicted octanol–water partition coefficient (Wildman–Crippen LogP) is 4.50. The van der Waals surface area contributed by atoms with E-state index in [2.05, 4.69) is 5.32 Å². The number of carbonyl (C=O) groups is 1. The molecular formula is C26H29NO5S. The summed E-state index contributed by atoms with van der Waals surface area (Å²) in [6.45, 7) is 6.01. The molecule has 0 radical (unpaired) electrons. The van der Waals surface area contributed by atoms with E-state index in [0.717, 1.165) is 11.1 Å². The third kappa shape index (κ3) is 7.73. The number of carbonyl (C=O) groups excluding carboxylic acids is 1. The molecule has 0 aliphatic rings. The summed E-state index contributed by atoms with van der Waals surface area (Å²) >= 11 is 0. The molecule has 0 spiro atoms. The third-order valence-corrected chi connectivity index (χ3v) is 5.95. The molecule has 0 bridgehead atoms. The lowest BCUT2D eigenvalue weighted by Gasteiger charge is -2.25. The first-order valence-corrected chi connectivity index (χ1v) is 12.1. The SMILES string of the molecule is CC(C)(C)OC(=O)C(Cc1ccc(OS(=O)(=O)c2ccccc2)cc1)NCc1ccccc1. The van der Waals surface area contributed by atoms with E-state index in [1.54, 1.807) is 42.5 Å². The average Bonchev–Trinajstić information content (AvgIpc) is 2.77. The highest BCUT2D eigenvalue weighted by Crippen LogP contribution is 2.20. The summed E-state index contributed by atoms with van der Waals surface area (Å²) in [6, 6.07) is 23.9. The van der Waals surface area contributed by atoms with Gasteiger partial charge in [0.2, 0.25) is 0 Å². The van der Waals surface area contributed by atoms with E-state index >= 15 is 0 Å². The van der Waals surface area contributed by atoms with E-state index in [1.165, 1.54) is 12.1 Å². The Morgan fingerprint density at radius 3 is 2.00 bits per heavy atom. The monoisotopic (exact) mass is 467 g/mol. The smallest absolute Gasteiger partial charge is 0.339 e. The van der Waals surface area contributed by atoms with Gasteiger partial charge in [0.25, 0.3) is 0 Å². The van der Waals surface area contributed by atoms with Crippen LogP contribution in [0.1, 0.15) is 31.9 Å². The summed E-state index contributed by atoms with van der Waals surface area (Å²) in [5.41, 5.74) is 1.30. The maximum absolute atomic E-state index is 12.8. The van der Waals surface area contributed by atoms with Crippen LogP contribution in [-0.4, -0.2) is 26.0 Å². The average molecular weight is 468 g/mol. The number of esters is 1. The minimum absolute atomic E-state index is 0.0872. The van der Waals surface area contributed by atoms with Crippen LogP contribution in [0.2, 0.25) is 0 Å². The van der Waals surface area contributed by atoms with Gasteiger partial charge in [0.05, 0.1) is 0 Å². The number of nitrogens with one attached hydrogen (secondary N) is 1.